The summed E-state index contributed by atoms with van der Waals surface area (Å²) in [5, 5.41) is 19.3. The zero-order valence-electron chi connectivity index (χ0n) is 18.3. The molecule has 0 aliphatic carbocycles. The average molecular weight is 533 g/mol. The lowest BCUT2D eigenvalue weighted by molar-refractivity contribution is -0.150. The Labute approximate surface area is 212 Å². The molecule has 0 bridgehead atoms. The van der Waals surface area contributed by atoms with Crippen LogP contribution in [0.15, 0.2) is 51.1 Å². The van der Waals surface area contributed by atoms with E-state index in [-0.39, 0.29) is 28.8 Å². The summed E-state index contributed by atoms with van der Waals surface area (Å²) in [6.45, 7) is 1.94. The molecule has 35 heavy (non-hydrogen) atoms. The minimum atomic E-state index is -1.21. The molecule has 2 atom stereocenters. The third-order valence-electron chi connectivity index (χ3n) is 4.84. The average Bonchev–Trinajstić information content (AvgIpc) is 3.28. The number of thioether (sulfide) groups is 2. The summed E-state index contributed by atoms with van der Waals surface area (Å²) in [4.78, 5) is 52.7. The molecule has 0 spiro atoms. The largest absolute Gasteiger partial charge is 0.477 e. The Bertz CT molecular complexity index is 1230. The van der Waals surface area contributed by atoms with Gasteiger partial charge in [0.2, 0.25) is 0 Å². The number of nitrogens with one attached hydrogen (secondary N) is 1. The van der Waals surface area contributed by atoms with Crippen LogP contribution in [0, 0.1) is 0 Å². The number of fused-ring (bicyclic) bond motifs is 1. The third-order valence-corrected chi connectivity index (χ3v) is 7.87. The van der Waals surface area contributed by atoms with Gasteiger partial charge in [0.15, 0.2) is 10.8 Å². The molecule has 2 aromatic rings. The summed E-state index contributed by atoms with van der Waals surface area (Å²) in [5.41, 5.74) is 6.56. The maximum absolute atomic E-state index is 12.9. The number of carboxylic acids is 1. The number of carbonyl (C=O) groups excluding carboxylic acids is 2. The molecule has 4 rings (SSSR count). The number of hydrogen-bond acceptors (Lipinski definition) is 11. The van der Waals surface area contributed by atoms with Gasteiger partial charge in [-0.15, -0.1) is 23.1 Å². The number of carbonyl (C=O) groups is 3. The topological polar surface area (TPSA) is 160 Å². The molecule has 2 amide bonds. The summed E-state index contributed by atoms with van der Waals surface area (Å²) >= 11 is 3.74. The van der Waals surface area contributed by atoms with E-state index in [1.54, 1.807) is 36.2 Å². The SMILES string of the molecule is CCON=C(C(=O)NC1C(=O)N2C(C(=O)O)=C(S/C=C\c3cccnc3)CS[C@H]12)c1csc(N)n1. The Morgan fingerprint density at radius 2 is 2.31 bits per heavy atom. The summed E-state index contributed by atoms with van der Waals surface area (Å²) < 4.78 is 0. The number of rotatable bonds is 9. The van der Waals surface area contributed by atoms with E-state index >= 15 is 0 Å². The van der Waals surface area contributed by atoms with Gasteiger partial charge in [0.1, 0.15) is 29.4 Å². The van der Waals surface area contributed by atoms with E-state index in [0.29, 0.717) is 10.7 Å². The van der Waals surface area contributed by atoms with Crippen LogP contribution in [0.4, 0.5) is 5.13 Å². The van der Waals surface area contributed by atoms with Crippen LogP contribution in [-0.4, -0.2) is 67.2 Å². The molecule has 182 valence electrons. The summed E-state index contributed by atoms with van der Waals surface area (Å²) in [6.07, 6.45) is 5.16. The van der Waals surface area contributed by atoms with Crippen molar-refractivity contribution in [2.45, 2.75) is 18.3 Å². The van der Waals surface area contributed by atoms with E-state index in [9.17, 15) is 19.5 Å². The second-order valence-electron chi connectivity index (χ2n) is 7.07. The number of anilines is 1. The molecule has 2 aliphatic heterocycles. The van der Waals surface area contributed by atoms with Crippen molar-refractivity contribution in [3.63, 3.8) is 0 Å². The van der Waals surface area contributed by atoms with Gasteiger partial charge in [0.25, 0.3) is 11.8 Å². The minimum absolute atomic E-state index is 0.0828. The second-order valence-corrected chi connectivity index (χ2v) is 10.1. The predicted molar refractivity (Wildman–Crippen MR) is 135 cm³/mol. The van der Waals surface area contributed by atoms with Gasteiger partial charge in [-0.3, -0.25) is 19.5 Å². The molecule has 4 N–H and O–H groups in total. The van der Waals surface area contributed by atoms with Crippen molar-refractivity contribution in [3.05, 3.63) is 57.2 Å². The van der Waals surface area contributed by atoms with Gasteiger partial charge in [-0.1, -0.05) is 23.0 Å². The minimum Gasteiger partial charge on any atom is -0.477 e. The summed E-state index contributed by atoms with van der Waals surface area (Å²) in [5.74, 6) is -2.02. The Morgan fingerprint density at radius 1 is 1.49 bits per heavy atom. The number of oxime groups is 1. The van der Waals surface area contributed by atoms with Crippen LogP contribution < -0.4 is 11.1 Å². The van der Waals surface area contributed by atoms with Crippen molar-refractivity contribution < 1.29 is 24.3 Å². The summed E-state index contributed by atoms with van der Waals surface area (Å²) in [7, 11) is 0. The number of pyridine rings is 1. The normalized spacial score (nSPS) is 20.0. The van der Waals surface area contributed by atoms with Crippen LogP contribution in [0.3, 0.4) is 0 Å². The molecule has 2 aromatic heterocycles. The highest BCUT2D eigenvalue weighted by Gasteiger charge is 2.54. The lowest BCUT2D eigenvalue weighted by atomic mass is 10.0. The number of thiazole rings is 1. The number of amides is 2. The lowest BCUT2D eigenvalue weighted by Crippen LogP contribution is -2.71. The van der Waals surface area contributed by atoms with Crippen molar-refractivity contribution in [1.29, 1.82) is 0 Å². The fourth-order valence-corrected chi connectivity index (χ4v) is 6.20. The zero-order chi connectivity index (χ0) is 24.9. The number of nitrogens with two attached hydrogens (primary N) is 1. The van der Waals surface area contributed by atoms with E-state index in [0.717, 1.165) is 16.9 Å². The van der Waals surface area contributed by atoms with Crippen LogP contribution in [0.5, 0.6) is 0 Å². The Balaban J connectivity index is 1.49. The maximum atomic E-state index is 12.9. The van der Waals surface area contributed by atoms with Crippen molar-refractivity contribution in [2.75, 3.05) is 18.1 Å². The van der Waals surface area contributed by atoms with Gasteiger partial charge >= 0.3 is 5.97 Å². The van der Waals surface area contributed by atoms with Crippen LogP contribution in [-0.2, 0) is 19.2 Å². The van der Waals surface area contributed by atoms with Crippen molar-refractivity contribution in [1.82, 2.24) is 20.2 Å². The molecule has 1 unspecified atom stereocenters. The van der Waals surface area contributed by atoms with Crippen LogP contribution in [0.2, 0.25) is 0 Å². The highest BCUT2D eigenvalue weighted by Crippen LogP contribution is 2.43. The van der Waals surface area contributed by atoms with E-state index < -0.39 is 29.2 Å². The number of carboxylic acid groups (broad SMARTS) is 1. The zero-order valence-corrected chi connectivity index (χ0v) is 20.7. The van der Waals surface area contributed by atoms with E-state index in [1.807, 2.05) is 12.1 Å². The van der Waals surface area contributed by atoms with Gasteiger partial charge in [-0.05, 0) is 30.0 Å². The first-order valence-corrected chi connectivity index (χ1v) is 13.1. The second kappa shape index (κ2) is 10.9. The molecule has 1 fully saturated rings. The first kappa shape index (κ1) is 24.8. The molecule has 4 heterocycles. The lowest BCUT2D eigenvalue weighted by Gasteiger charge is -2.49. The molecular weight excluding hydrogens is 512 g/mol. The molecule has 2 aliphatic rings. The molecule has 11 nitrogen and oxygen atoms in total. The van der Waals surface area contributed by atoms with E-state index in [2.05, 4.69) is 20.4 Å². The monoisotopic (exact) mass is 532 g/mol. The summed E-state index contributed by atoms with van der Waals surface area (Å²) in [6, 6.07) is 2.76. The van der Waals surface area contributed by atoms with E-state index in [1.165, 1.54) is 28.4 Å². The van der Waals surface area contributed by atoms with Crippen LogP contribution in [0.1, 0.15) is 18.2 Å². The Morgan fingerprint density at radius 3 is 2.97 bits per heavy atom. The highest BCUT2D eigenvalue weighted by molar-refractivity contribution is 8.08. The molecule has 0 aromatic carbocycles. The molecule has 14 heteroatoms. The standard InChI is InChI=1S/C21H20N6O5S3/c1-2-32-26-14(12-9-35-21(22)24-12)17(28)25-15-18(29)27-16(20(30)31)13(10-34-19(15)27)33-7-5-11-4-3-6-23-8-11/h3-9,15,19H,2,10H2,1H3,(H2,22,24)(H,25,28)(H,30,31)/b7-5-,26-14?/t15?,19-/m1/s1. The maximum Gasteiger partial charge on any atom is 0.353 e. The molecular formula is C21H20N6O5S3. The van der Waals surface area contributed by atoms with Gasteiger partial charge in [0.05, 0.1) is 0 Å². The first-order chi connectivity index (χ1) is 16.9. The van der Waals surface area contributed by atoms with Gasteiger partial charge in [-0.2, -0.15) is 0 Å². The third kappa shape index (κ3) is 5.33. The number of aliphatic carboxylic acids is 1. The molecule has 0 radical (unpaired) electrons. The number of nitrogen functional groups attached to an aromatic ring is 1. The number of nitrogens with zero attached hydrogens (tertiary/aromatic N) is 4. The van der Waals surface area contributed by atoms with Crippen molar-refractivity contribution >= 4 is 69.6 Å². The van der Waals surface area contributed by atoms with Crippen LogP contribution in [0.25, 0.3) is 6.08 Å². The van der Waals surface area contributed by atoms with Gasteiger partial charge < -0.3 is 21.0 Å². The fourth-order valence-electron chi connectivity index (χ4n) is 3.29. The Hall–Kier alpha value is -3.36. The van der Waals surface area contributed by atoms with E-state index in [4.69, 9.17) is 10.6 Å². The van der Waals surface area contributed by atoms with Crippen molar-refractivity contribution in [3.8, 4) is 0 Å². The number of β-lactam (4-membered cyclic amide) rings is 1. The quantitative estimate of drug-likeness (QED) is 0.247. The van der Waals surface area contributed by atoms with Gasteiger partial charge in [0, 0.05) is 28.4 Å². The highest BCUT2D eigenvalue weighted by atomic mass is 32.2. The number of aromatic nitrogens is 2. The van der Waals surface area contributed by atoms with Crippen molar-refractivity contribution in [2.24, 2.45) is 5.16 Å². The number of hydrogen-bond donors (Lipinski definition) is 3. The molecule has 1 saturated heterocycles. The van der Waals surface area contributed by atoms with Crippen LogP contribution >= 0.6 is 34.9 Å². The first-order valence-electron chi connectivity index (χ1n) is 10.3. The smallest absolute Gasteiger partial charge is 0.353 e. The predicted octanol–water partition coefficient (Wildman–Crippen LogP) is 1.96. The molecule has 0 saturated carbocycles. The fraction of sp³-hybridized carbons (Fsp3) is 0.238. The Kier molecular flexibility index (Phi) is 7.73. The van der Waals surface area contributed by atoms with Gasteiger partial charge in [-0.25, -0.2) is 9.78 Å².